The number of hydrogen-bond acceptors (Lipinski definition) is 3. The van der Waals surface area contributed by atoms with Gasteiger partial charge in [-0.3, -0.25) is 13.9 Å². The number of ether oxygens (including phenoxy) is 1. The molecule has 0 aliphatic carbocycles. The summed E-state index contributed by atoms with van der Waals surface area (Å²) in [5.41, 5.74) is 4.48. The minimum absolute atomic E-state index is 0.287. The molecule has 0 bridgehead atoms. The molecule has 0 fully saturated rings. The highest BCUT2D eigenvalue weighted by atomic mass is 16.5. The number of hydrogen-bond donors (Lipinski definition) is 0. The van der Waals surface area contributed by atoms with Gasteiger partial charge in [0.05, 0.1) is 34.4 Å². The minimum atomic E-state index is -0.416. The SMILES string of the molecule is CCc1ccc([C@H]2OCC(C)(C)n3c(-c4ccccc4)c4c(=O)n(C)c(=O)n(C)c4c32)cc1. The molecular weight excluding hydrogens is 414 g/mol. The van der Waals surface area contributed by atoms with Crippen molar-refractivity contribution in [2.24, 2.45) is 14.1 Å². The number of aryl methyl sites for hydroxylation is 2. The second-order valence-electron chi connectivity index (χ2n) is 9.46. The van der Waals surface area contributed by atoms with Crippen LogP contribution >= 0.6 is 0 Å². The van der Waals surface area contributed by atoms with Crippen molar-refractivity contribution < 1.29 is 4.74 Å². The van der Waals surface area contributed by atoms with Gasteiger partial charge in [-0.1, -0.05) is 61.5 Å². The zero-order valence-corrected chi connectivity index (χ0v) is 19.8. The number of rotatable bonds is 3. The Hall–Kier alpha value is -3.38. The first-order chi connectivity index (χ1) is 15.8. The fraction of sp³-hybridized carbons (Fsp3) is 0.333. The van der Waals surface area contributed by atoms with Crippen LogP contribution in [0.25, 0.3) is 22.2 Å². The molecule has 6 nitrogen and oxygen atoms in total. The van der Waals surface area contributed by atoms with Crippen LogP contribution in [0.1, 0.15) is 43.7 Å². The molecule has 170 valence electrons. The Morgan fingerprint density at radius 2 is 1.64 bits per heavy atom. The Balaban J connectivity index is 1.97. The molecule has 1 atom stereocenters. The normalized spacial score (nSPS) is 17.3. The lowest BCUT2D eigenvalue weighted by Gasteiger charge is -2.39. The smallest absolute Gasteiger partial charge is 0.331 e. The van der Waals surface area contributed by atoms with E-state index in [1.807, 2.05) is 30.3 Å². The van der Waals surface area contributed by atoms with Crippen LogP contribution < -0.4 is 11.2 Å². The Morgan fingerprint density at radius 1 is 0.970 bits per heavy atom. The van der Waals surface area contributed by atoms with Crippen molar-refractivity contribution in [3.63, 3.8) is 0 Å². The van der Waals surface area contributed by atoms with Gasteiger partial charge in [0.2, 0.25) is 0 Å². The molecule has 2 aromatic carbocycles. The van der Waals surface area contributed by atoms with E-state index >= 15 is 0 Å². The largest absolute Gasteiger partial charge is 0.365 e. The highest BCUT2D eigenvalue weighted by Gasteiger charge is 2.40. The van der Waals surface area contributed by atoms with Crippen LogP contribution in [-0.2, 0) is 30.8 Å². The second kappa shape index (κ2) is 7.59. The van der Waals surface area contributed by atoms with Crippen LogP contribution in [0.4, 0.5) is 0 Å². The fourth-order valence-electron chi connectivity index (χ4n) is 5.05. The molecule has 0 saturated heterocycles. The van der Waals surface area contributed by atoms with E-state index in [0.717, 1.165) is 28.9 Å². The quantitative estimate of drug-likeness (QED) is 0.479. The summed E-state index contributed by atoms with van der Waals surface area (Å²) in [5.74, 6) is 0. The average molecular weight is 444 g/mol. The number of aromatic nitrogens is 3. The topological polar surface area (TPSA) is 58.2 Å². The monoisotopic (exact) mass is 443 g/mol. The van der Waals surface area contributed by atoms with Crippen LogP contribution in [0.15, 0.2) is 64.2 Å². The van der Waals surface area contributed by atoms with Crippen LogP contribution in [0, 0.1) is 0 Å². The molecule has 6 heteroatoms. The maximum Gasteiger partial charge on any atom is 0.331 e. The molecular formula is C27H29N3O3. The molecule has 33 heavy (non-hydrogen) atoms. The van der Waals surface area contributed by atoms with Gasteiger partial charge in [0.15, 0.2) is 0 Å². The lowest BCUT2D eigenvalue weighted by atomic mass is 9.97. The van der Waals surface area contributed by atoms with Gasteiger partial charge in [0, 0.05) is 14.1 Å². The van der Waals surface area contributed by atoms with Crippen LogP contribution in [0.3, 0.4) is 0 Å². The first-order valence-corrected chi connectivity index (χ1v) is 11.4. The van der Waals surface area contributed by atoms with Crippen molar-refractivity contribution >= 4 is 10.9 Å². The van der Waals surface area contributed by atoms with Gasteiger partial charge in [-0.15, -0.1) is 0 Å². The predicted octanol–water partition coefficient (Wildman–Crippen LogP) is 4.12. The van der Waals surface area contributed by atoms with Crippen LogP contribution in [-0.4, -0.2) is 20.3 Å². The van der Waals surface area contributed by atoms with Crippen molar-refractivity contribution in [2.45, 2.75) is 38.8 Å². The molecule has 3 heterocycles. The van der Waals surface area contributed by atoms with E-state index in [0.29, 0.717) is 17.5 Å². The molecule has 5 rings (SSSR count). The van der Waals surface area contributed by atoms with E-state index in [-0.39, 0.29) is 17.4 Å². The third-order valence-electron chi connectivity index (χ3n) is 6.80. The van der Waals surface area contributed by atoms with Crippen molar-refractivity contribution in [2.75, 3.05) is 6.61 Å². The van der Waals surface area contributed by atoms with Crippen molar-refractivity contribution in [3.05, 3.63) is 92.3 Å². The van der Waals surface area contributed by atoms with Gasteiger partial charge in [0.1, 0.15) is 6.10 Å². The molecule has 0 radical (unpaired) electrons. The zero-order valence-electron chi connectivity index (χ0n) is 19.8. The Bertz CT molecular complexity index is 1470. The Morgan fingerprint density at radius 3 is 2.27 bits per heavy atom. The number of benzene rings is 2. The van der Waals surface area contributed by atoms with Crippen LogP contribution in [0.5, 0.6) is 0 Å². The molecule has 0 unspecified atom stereocenters. The Kier molecular flexibility index (Phi) is 4.94. The van der Waals surface area contributed by atoms with E-state index in [9.17, 15) is 9.59 Å². The molecule has 4 aromatic rings. The third kappa shape index (κ3) is 3.12. The first-order valence-electron chi connectivity index (χ1n) is 11.4. The maximum absolute atomic E-state index is 13.5. The van der Waals surface area contributed by atoms with Gasteiger partial charge >= 0.3 is 5.69 Å². The standard InChI is InChI=1S/C27H29N3O3/c1-6-17-12-14-19(15-13-17)24-23-22-20(25(31)29(5)26(32)28(22)4)21(18-10-8-7-9-11-18)30(23)27(2,3)16-33-24/h7-15,24H,6,16H2,1-5H3/t24-/m1/s1. The summed E-state index contributed by atoms with van der Waals surface area (Å²) in [5, 5.41) is 0.551. The molecule has 1 aliphatic rings. The summed E-state index contributed by atoms with van der Waals surface area (Å²) in [6.07, 6.45) is 0.572. The first kappa shape index (κ1) is 21.5. The molecule has 0 amide bonds. The summed E-state index contributed by atoms with van der Waals surface area (Å²) < 4.78 is 11.5. The van der Waals surface area contributed by atoms with Crippen LogP contribution in [0.2, 0.25) is 0 Å². The summed E-state index contributed by atoms with van der Waals surface area (Å²) >= 11 is 0. The summed E-state index contributed by atoms with van der Waals surface area (Å²) in [7, 11) is 3.27. The number of nitrogens with zero attached hydrogens (tertiary/aromatic N) is 3. The van der Waals surface area contributed by atoms with Crippen molar-refractivity contribution in [3.8, 4) is 11.3 Å². The average Bonchev–Trinajstić information content (AvgIpc) is 3.20. The highest BCUT2D eigenvalue weighted by Crippen LogP contribution is 2.45. The third-order valence-corrected chi connectivity index (χ3v) is 6.80. The molecule has 0 saturated carbocycles. The van der Waals surface area contributed by atoms with Crippen molar-refractivity contribution in [1.29, 1.82) is 0 Å². The van der Waals surface area contributed by atoms with Gasteiger partial charge in [-0.25, -0.2) is 4.79 Å². The molecule has 2 aromatic heterocycles. The summed E-state index contributed by atoms with van der Waals surface area (Å²) in [6.45, 7) is 6.84. The van der Waals surface area contributed by atoms with Gasteiger partial charge < -0.3 is 9.30 Å². The van der Waals surface area contributed by atoms with Gasteiger partial charge in [-0.2, -0.15) is 0 Å². The maximum atomic E-state index is 13.5. The summed E-state index contributed by atoms with van der Waals surface area (Å²) in [6, 6.07) is 18.4. The number of fused-ring (bicyclic) bond motifs is 3. The highest BCUT2D eigenvalue weighted by molar-refractivity contribution is 5.96. The summed E-state index contributed by atoms with van der Waals surface area (Å²) in [4.78, 5) is 26.5. The lowest BCUT2D eigenvalue weighted by Crippen LogP contribution is -2.40. The van der Waals surface area contributed by atoms with E-state index in [2.05, 4.69) is 49.6 Å². The van der Waals surface area contributed by atoms with Gasteiger partial charge in [-0.05, 0) is 37.0 Å². The van der Waals surface area contributed by atoms with E-state index in [1.54, 1.807) is 11.6 Å². The lowest BCUT2D eigenvalue weighted by molar-refractivity contribution is -0.00707. The molecule has 0 N–H and O–H groups in total. The predicted molar refractivity (Wildman–Crippen MR) is 131 cm³/mol. The fourth-order valence-corrected chi connectivity index (χ4v) is 5.05. The Labute approximate surface area is 192 Å². The van der Waals surface area contributed by atoms with E-state index in [4.69, 9.17) is 4.74 Å². The van der Waals surface area contributed by atoms with Crippen molar-refractivity contribution in [1.82, 2.24) is 13.7 Å². The second-order valence-corrected chi connectivity index (χ2v) is 9.46. The minimum Gasteiger partial charge on any atom is -0.365 e. The van der Waals surface area contributed by atoms with E-state index in [1.165, 1.54) is 17.2 Å². The zero-order chi connectivity index (χ0) is 23.5. The molecule has 1 aliphatic heterocycles. The molecule has 0 spiro atoms. The van der Waals surface area contributed by atoms with Gasteiger partial charge in [0.25, 0.3) is 5.56 Å². The van der Waals surface area contributed by atoms with E-state index < -0.39 is 5.54 Å².